The van der Waals surface area contributed by atoms with Crippen LogP contribution in [0.15, 0.2) is 18.2 Å². The van der Waals surface area contributed by atoms with Crippen molar-refractivity contribution in [2.45, 2.75) is 48.0 Å². The fourth-order valence-electron chi connectivity index (χ4n) is 2.75. The van der Waals surface area contributed by atoms with E-state index in [9.17, 15) is 9.36 Å². The number of rotatable bonds is 5. The Morgan fingerprint density at radius 1 is 1.20 bits per heavy atom. The average Bonchev–Trinajstić information content (AvgIpc) is 2.25. The lowest BCUT2D eigenvalue weighted by Crippen LogP contribution is -2.14. The van der Waals surface area contributed by atoms with Gasteiger partial charge in [-0.15, -0.1) is 0 Å². The van der Waals surface area contributed by atoms with Crippen molar-refractivity contribution >= 4 is 13.3 Å². The van der Waals surface area contributed by atoms with Gasteiger partial charge < -0.3 is 0 Å². The smallest absolute Gasteiger partial charge is 0.242 e. The molecule has 0 fully saturated rings. The van der Waals surface area contributed by atoms with E-state index in [4.69, 9.17) is 0 Å². The van der Waals surface area contributed by atoms with Crippen molar-refractivity contribution in [3.8, 4) is 0 Å². The Kier molecular flexibility index (Phi) is 5.65. The fourth-order valence-corrected chi connectivity index (χ4v) is 4.22. The zero-order valence-electron chi connectivity index (χ0n) is 13.5. The third kappa shape index (κ3) is 4.83. The van der Waals surface area contributed by atoms with Crippen molar-refractivity contribution in [2.24, 2.45) is 11.3 Å². The molecule has 0 aliphatic carbocycles. The fraction of sp³-hybridized carbons (Fsp3) is 0.588. The van der Waals surface area contributed by atoms with Crippen LogP contribution < -0.4 is 0 Å². The summed E-state index contributed by atoms with van der Waals surface area (Å²) in [6, 6.07) is 5.74. The van der Waals surface area contributed by atoms with Crippen molar-refractivity contribution in [1.29, 1.82) is 0 Å². The zero-order chi connectivity index (χ0) is 15.5. The summed E-state index contributed by atoms with van der Waals surface area (Å²) in [5, 5.41) is 0. The quantitative estimate of drug-likeness (QED) is 0.686. The Labute approximate surface area is 123 Å². The number of carbonyl (C=O) groups is 1. The van der Waals surface area contributed by atoms with Gasteiger partial charge in [-0.05, 0) is 42.7 Å². The molecule has 0 aliphatic rings. The largest absolute Gasteiger partial charge is 0.281 e. The van der Waals surface area contributed by atoms with Crippen LogP contribution in [0, 0.1) is 25.2 Å². The molecule has 0 saturated heterocycles. The van der Waals surface area contributed by atoms with E-state index in [0.717, 1.165) is 17.5 Å². The normalized spacial score (nSPS) is 14.0. The Balaban J connectivity index is 2.81. The molecule has 2 unspecified atom stereocenters. The monoisotopic (exact) mass is 293 g/mol. The second-order valence-electron chi connectivity index (χ2n) is 7.00. The molecule has 0 aromatic heterocycles. The zero-order valence-corrected chi connectivity index (χ0v) is 14.4. The molecule has 0 bridgehead atoms. The summed E-state index contributed by atoms with van der Waals surface area (Å²) in [6.07, 6.45) is 1.47. The van der Waals surface area contributed by atoms with Crippen LogP contribution in [0.3, 0.4) is 0 Å². The molecule has 2 nitrogen and oxygen atoms in total. The molecule has 0 aliphatic heterocycles. The van der Waals surface area contributed by atoms with Gasteiger partial charge >= 0.3 is 0 Å². The van der Waals surface area contributed by atoms with E-state index in [2.05, 4.69) is 27.7 Å². The Morgan fingerprint density at radius 2 is 1.70 bits per heavy atom. The highest BCUT2D eigenvalue weighted by Crippen LogP contribution is 2.35. The van der Waals surface area contributed by atoms with Crippen LogP contribution in [0.4, 0.5) is 0 Å². The van der Waals surface area contributed by atoms with E-state index in [0.29, 0.717) is 17.6 Å². The van der Waals surface area contributed by atoms with Crippen LogP contribution in [0.5, 0.6) is 0 Å². The molecule has 1 aromatic rings. The van der Waals surface area contributed by atoms with E-state index in [1.165, 1.54) is 0 Å². The molecule has 111 valence electrons. The third-order valence-corrected chi connectivity index (χ3v) is 4.99. The minimum atomic E-state index is -1.83. The first-order chi connectivity index (χ1) is 9.11. The molecular formula is C17H26O2P. The molecule has 0 spiro atoms. The first-order valence-electron chi connectivity index (χ1n) is 7.17. The van der Waals surface area contributed by atoms with E-state index in [1.54, 1.807) is 0 Å². The number of hydrogen-bond acceptors (Lipinski definition) is 2. The van der Waals surface area contributed by atoms with Crippen LogP contribution in [0.25, 0.3) is 0 Å². The van der Waals surface area contributed by atoms with Crippen molar-refractivity contribution < 1.29 is 9.36 Å². The van der Waals surface area contributed by atoms with Crippen molar-refractivity contribution in [3.05, 3.63) is 34.9 Å². The molecule has 1 rings (SSSR count). The third-order valence-electron chi connectivity index (χ3n) is 3.36. The first kappa shape index (κ1) is 17.0. The van der Waals surface area contributed by atoms with E-state index >= 15 is 0 Å². The van der Waals surface area contributed by atoms with E-state index in [-0.39, 0.29) is 10.9 Å². The summed E-state index contributed by atoms with van der Waals surface area (Å²) in [6.45, 7) is 12.4. The molecule has 1 aromatic carbocycles. The molecule has 20 heavy (non-hydrogen) atoms. The van der Waals surface area contributed by atoms with Crippen LogP contribution in [0.2, 0.25) is 0 Å². The summed E-state index contributed by atoms with van der Waals surface area (Å²) in [4.78, 5) is 12.4. The van der Waals surface area contributed by atoms with Crippen molar-refractivity contribution in [3.63, 3.8) is 0 Å². The molecule has 0 heterocycles. The standard InChI is InChI=1S/C17H26O2P/c1-12(10-17(4,5)6)11-20(19)16(18)15-13(2)8-7-9-14(15)3/h7-9,12H,10-11H2,1-6H3. The summed E-state index contributed by atoms with van der Waals surface area (Å²) < 4.78 is 12.3. The van der Waals surface area contributed by atoms with Gasteiger partial charge in [0.2, 0.25) is 5.52 Å². The Bertz CT molecular complexity index is 492. The molecule has 1 radical (unpaired) electrons. The minimum Gasteiger partial charge on any atom is -0.281 e. The van der Waals surface area contributed by atoms with Gasteiger partial charge in [0.05, 0.1) is 0 Å². The molecule has 3 heteroatoms. The van der Waals surface area contributed by atoms with Crippen molar-refractivity contribution in [1.82, 2.24) is 0 Å². The molecule has 0 amide bonds. The number of benzene rings is 1. The number of aryl methyl sites for hydroxylation is 2. The SMILES string of the molecule is Cc1cccc(C)c1C(=O)[P](=O)CC(C)CC(C)(C)C. The summed E-state index contributed by atoms with van der Waals surface area (Å²) in [5.41, 5.74) is 2.51. The Morgan fingerprint density at radius 3 is 2.15 bits per heavy atom. The maximum atomic E-state index is 12.4. The number of hydrogen-bond donors (Lipinski definition) is 0. The second-order valence-corrected chi connectivity index (χ2v) is 8.53. The second kappa shape index (κ2) is 6.63. The highest BCUT2D eigenvalue weighted by atomic mass is 31.1. The molecular weight excluding hydrogens is 267 g/mol. The predicted molar refractivity (Wildman–Crippen MR) is 86.0 cm³/mol. The lowest BCUT2D eigenvalue weighted by atomic mass is 9.86. The Hall–Kier alpha value is -1.01. The van der Waals surface area contributed by atoms with Crippen molar-refractivity contribution in [2.75, 3.05) is 6.16 Å². The minimum absolute atomic E-state index is 0.184. The van der Waals surface area contributed by atoms with Gasteiger partial charge in [0.1, 0.15) is 7.80 Å². The van der Waals surface area contributed by atoms with Crippen LogP contribution in [0.1, 0.15) is 55.6 Å². The van der Waals surface area contributed by atoms with Crippen LogP contribution in [-0.4, -0.2) is 11.7 Å². The molecule has 0 saturated carbocycles. The van der Waals surface area contributed by atoms with Gasteiger partial charge in [-0.25, -0.2) is 0 Å². The maximum Gasteiger partial charge on any atom is 0.242 e. The summed E-state index contributed by atoms with van der Waals surface area (Å²) in [5.74, 6) is 0.298. The van der Waals surface area contributed by atoms with Gasteiger partial charge in [0.25, 0.3) is 0 Å². The average molecular weight is 293 g/mol. The molecule has 2 atom stereocenters. The van der Waals surface area contributed by atoms with Gasteiger partial charge in [0, 0.05) is 11.7 Å². The first-order valence-corrected chi connectivity index (χ1v) is 8.61. The maximum absolute atomic E-state index is 12.4. The number of carbonyl (C=O) groups excluding carboxylic acids is 1. The van der Waals surface area contributed by atoms with Crippen LogP contribution >= 0.6 is 7.80 Å². The van der Waals surface area contributed by atoms with Gasteiger partial charge in [-0.3, -0.25) is 9.36 Å². The summed E-state index contributed by atoms with van der Waals surface area (Å²) in [7, 11) is -1.83. The van der Waals surface area contributed by atoms with Gasteiger partial charge in [-0.2, -0.15) is 0 Å². The van der Waals surface area contributed by atoms with Gasteiger partial charge in [-0.1, -0.05) is 45.9 Å². The predicted octanol–water partition coefficient (Wildman–Crippen LogP) is 5.34. The lowest BCUT2D eigenvalue weighted by molar-refractivity contribution is 0.107. The van der Waals surface area contributed by atoms with E-state index in [1.807, 2.05) is 32.0 Å². The van der Waals surface area contributed by atoms with E-state index < -0.39 is 7.80 Å². The topological polar surface area (TPSA) is 34.1 Å². The highest BCUT2D eigenvalue weighted by molar-refractivity contribution is 7.64. The highest BCUT2D eigenvalue weighted by Gasteiger charge is 2.23. The lowest BCUT2D eigenvalue weighted by Gasteiger charge is -2.22. The van der Waals surface area contributed by atoms with Gasteiger partial charge in [0.15, 0.2) is 0 Å². The molecule has 0 N–H and O–H groups in total. The van der Waals surface area contributed by atoms with Crippen LogP contribution in [-0.2, 0) is 4.57 Å². The summed E-state index contributed by atoms with van der Waals surface area (Å²) >= 11 is 0.